The Labute approximate surface area is 57.9 Å². The van der Waals surface area contributed by atoms with Gasteiger partial charge in [0.2, 0.25) is 0 Å². The summed E-state index contributed by atoms with van der Waals surface area (Å²) in [6.07, 6.45) is 3.15. The van der Waals surface area contributed by atoms with Gasteiger partial charge in [0, 0.05) is 12.4 Å². The maximum atomic E-state index is 9.76. The lowest BCUT2D eigenvalue weighted by Gasteiger charge is -1.92. The molecule has 0 saturated carbocycles. The second-order valence-electron chi connectivity index (χ2n) is 1.76. The summed E-state index contributed by atoms with van der Waals surface area (Å²) in [7, 11) is 0. The van der Waals surface area contributed by atoms with Crippen molar-refractivity contribution in [2.45, 2.75) is 6.92 Å². The molecule has 0 atom stereocenters. The lowest BCUT2D eigenvalue weighted by Crippen LogP contribution is -1.94. The number of rotatable bonds is 2. The number of hydrogen-bond donors (Lipinski definition) is 0. The highest BCUT2D eigenvalue weighted by molar-refractivity contribution is 5.41. The van der Waals surface area contributed by atoms with Crippen LogP contribution in [-0.4, -0.2) is 16.4 Å². The fraction of sp³-hybridized carbons (Fsp3) is 0.167. The largest absolute Gasteiger partial charge is 0.393 e. The standard InChI is InChI=1S/C6H6N2O2/c1-5-2-7-6(8-3-5)10-4-9/h2-4H,1H3. The molecule has 0 bridgehead atoms. The first-order valence-electron chi connectivity index (χ1n) is 2.72. The van der Waals surface area contributed by atoms with Crippen molar-refractivity contribution in [1.82, 2.24) is 9.97 Å². The van der Waals surface area contributed by atoms with Gasteiger partial charge in [-0.1, -0.05) is 0 Å². The normalized spacial score (nSPS) is 8.90. The highest BCUT2D eigenvalue weighted by Gasteiger charge is 1.92. The summed E-state index contributed by atoms with van der Waals surface area (Å²) in [4.78, 5) is 17.2. The zero-order chi connectivity index (χ0) is 7.40. The Balaban J connectivity index is 2.78. The Morgan fingerprint density at radius 1 is 1.50 bits per heavy atom. The maximum Gasteiger partial charge on any atom is 0.323 e. The minimum atomic E-state index is 0.0839. The monoisotopic (exact) mass is 138 g/mol. The van der Waals surface area contributed by atoms with Crippen molar-refractivity contribution in [3.8, 4) is 6.01 Å². The number of ether oxygens (including phenoxy) is 1. The first-order chi connectivity index (χ1) is 4.83. The molecule has 0 aliphatic rings. The third-order valence-electron chi connectivity index (χ3n) is 0.911. The highest BCUT2D eigenvalue weighted by Crippen LogP contribution is 1.98. The second kappa shape index (κ2) is 2.91. The highest BCUT2D eigenvalue weighted by atomic mass is 16.5. The number of aryl methyl sites for hydroxylation is 1. The molecular formula is C6H6N2O2. The third-order valence-corrected chi connectivity index (χ3v) is 0.911. The molecule has 0 saturated heterocycles. The molecule has 1 rings (SSSR count). The van der Waals surface area contributed by atoms with E-state index in [4.69, 9.17) is 0 Å². The van der Waals surface area contributed by atoms with E-state index in [1.165, 1.54) is 0 Å². The van der Waals surface area contributed by atoms with Gasteiger partial charge in [-0.05, 0) is 12.5 Å². The summed E-state index contributed by atoms with van der Waals surface area (Å²) < 4.78 is 4.36. The number of aromatic nitrogens is 2. The second-order valence-corrected chi connectivity index (χ2v) is 1.76. The van der Waals surface area contributed by atoms with Crippen LogP contribution in [0.15, 0.2) is 12.4 Å². The van der Waals surface area contributed by atoms with Gasteiger partial charge in [0.25, 0.3) is 0 Å². The van der Waals surface area contributed by atoms with Crippen LogP contribution in [0.2, 0.25) is 0 Å². The Morgan fingerprint density at radius 3 is 2.60 bits per heavy atom. The van der Waals surface area contributed by atoms with Crippen molar-refractivity contribution in [3.05, 3.63) is 18.0 Å². The van der Waals surface area contributed by atoms with Crippen molar-refractivity contribution in [1.29, 1.82) is 0 Å². The SMILES string of the molecule is Cc1cnc(OC=O)nc1. The summed E-state index contributed by atoms with van der Waals surface area (Å²) in [5, 5.41) is 0. The average Bonchev–Trinajstić information content (AvgIpc) is 1.95. The van der Waals surface area contributed by atoms with Gasteiger partial charge >= 0.3 is 12.5 Å². The van der Waals surface area contributed by atoms with Crippen LogP contribution in [0.3, 0.4) is 0 Å². The first-order valence-corrected chi connectivity index (χ1v) is 2.72. The molecule has 4 heteroatoms. The fourth-order valence-electron chi connectivity index (χ4n) is 0.485. The molecule has 1 aromatic rings. The van der Waals surface area contributed by atoms with E-state index in [-0.39, 0.29) is 6.01 Å². The molecule has 0 N–H and O–H groups in total. The lowest BCUT2D eigenvalue weighted by atomic mass is 10.4. The number of hydrogen-bond acceptors (Lipinski definition) is 4. The van der Waals surface area contributed by atoms with Crippen LogP contribution >= 0.6 is 0 Å². The lowest BCUT2D eigenvalue weighted by molar-refractivity contribution is -0.121. The van der Waals surface area contributed by atoms with Gasteiger partial charge in [0.1, 0.15) is 0 Å². The molecule has 0 spiro atoms. The van der Waals surface area contributed by atoms with Crippen LogP contribution in [-0.2, 0) is 4.79 Å². The minimum Gasteiger partial charge on any atom is -0.393 e. The van der Waals surface area contributed by atoms with Crippen molar-refractivity contribution in [2.75, 3.05) is 0 Å². The number of carbonyl (C=O) groups is 1. The molecule has 10 heavy (non-hydrogen) atoms. The molecule has 1 aromatic heterocycles. The molecular weight excluding hydrogens is 132 g/mol. The molecule has 4 nitrogen and oxygen atoms in total. The van der Waals surface area contributed by atoms with E-state index in [0.29, 0.717) is 6.47 Å². The van der Waals surface area contributed by atoms with Crippen molar-refractivity contribution in [3.63, 3.8) is 0 Å². The number of nitrogens with zero attached hydrogens (tertiary/aromatic N) is 2. The summed E-state index contributed by atoms with van der Waals surface area (Å²) in [5.41, 5.74) is 0.929. The first kappa shape index (κ1) is 6.67. The average molecular weight is 138 g/mol. The van der Waals surface area contributed by atoms with Crippen LogP contribution < -0.4 is 4.74 Å². The number of carbonyl (C=O) groups excluding carboxylic acids is 1. The molecule has 0 fully saturated rings. The Hall–Kier alpha value is -1.45. The van der Waals surface area contributed by atoms with Gasteiger partial charge in [-0.3, -0.25) is 4.79 Å². The quantitative estimate of drug-likeness (QED) is 0.552. The van der Waals surface area contributed by atoms with Crippen LogP contribution in [0.1, 0.15) is 5.56 Å². The Kier molecular flexibility index (Phi) is 1.94. The Bertz CT molecular complexity index is 220. The van der Waals surface area contributed by atoms with E-state index >= 15 is 0 Å². The van der Waals surface area contributed by atoms with E-state index in [9.17, 15) is 4.79 Å². The zero-order valence-electron chi connectivity index (χ0n) is 5.44. The van der Waals surface area contributed by atoms with Crippen LogP contribution in [0.5, 0.6) is 6.01 Å². The van der Waals surface area contributed by atoms with Gasteiger partial charge in [-0.2, -0.15) is 0 Å². The smallest absolute Gasteiger partial charge is 0.323 e. The molecule has 0 unspecified atom stereocenters. The van der Waals surface area contributed by atoms with Crippen molar-refractivity contribution in [2.24, 2.45) is 0 Å². The van der Waals surface area contributed by atoms with Gasteiger partial charge in [-0.25, -0.2) is 9.97 Å². The molecule has 0 aromatic carbocycles. The van der Waals surface area contributed by atoms with Crippen molar-refractivity contribution >= 4 is 6.47 Å². The van der Waals surface area contributed by atoms with E-state index in [0.717, 1.165) is 5.56 Å². The molecule has 0 aliphatic carbocycles. The predicted molar refractivity (Wildman–Crippen MR) is 33.5 cm³/mol. The summed E-state index contributed by atoms with van der Waals surface area (Å²) in [6.45, 7) is 2.15. The van der Waals surface area contributed by atoms with Gasteiger partial charge in [0.15, 0.2) is 0 Å². The van der Waals surface area contributed by atoms with Crippen LogP contribution in [0, 0.1) is 6.92 Å². The van der Waals surface area contributed by atoms with Crippen LogP contribution in [0.25, 0.3) is 0 Å². The van der Waals surface area contributed by atoms with E-state index in [1.54, 1.807) is 12.4 Å². The molecule has 0 amide bonds. The van der Waals surface area contributed by atoms with E-state index < -0.39 is 0 Å². The fourth-order valence-corrected chi connectivity index (χ4v) is 0.485. The summed E-state index contributed by atoms with van der Waals surface area (Å²) >= 11 is 0. The van der Waals surface area contributed by atoms with Gasteiger partial charge in [-0.15, -0.1) is 0 Å². The molecule has 0 radical (unpaired) electrons. The van der Waals surface area contributed by atoms with Crippen molar-refractivity contribution < 1.29 is 9.53 Å². The van der Waals surface area contributed by atoms with Gasteiger partial charge < -0.3 is 4.74 Å². The summed E-state index contributed by atoms with van der Waals surface area (Å²) in [6, 6.07) is 0.0839. The van der Waals surface area contributed by atoms with Gasteiger partial charge in [0.05, 0.1) is 0 Å². The molecule has 0 aliphatic heterocycles. The summed E-state index contributed by atoms with van der Waals surface area (Å²) in [5.74, 6) is 0. The Morgan fingerprint density at radius 2 is 2.10 bits per heavy atom. The molecule has 52 valence electrons. The van der Waals surface area contributed by atoms with Crippen LogP contribution in [0.4, 0.5) is 0 Å². The third kappa shape index (κ3) is 1.51. The topological polar surface area (TPSA) is 52.1 Å². The minimum absolute atomic E-state index is 0.0839. The van der Waals surface area contributed by atoms with E-state index in [1.807, 2.05) is 6.92 Å². The maximum absolute atomic E-state index is 9.76. The van der Waals surface area contributed by atoms with E-state index in [2.05, 4.69) is 14.7 Å². The predicted octanol–water partition coefficient (Wildman–Crippen LogP) is 0.320. The zero-order valence-corrected chi connectivity index (χ0v) is 5.44. The molecule has 1 heterocycles.